The minimum Gasteiger partial charge on any atom is -0.392 e. The van der Waals surface area contributed by atoms with Gasteiger partial charge in [-0.2, -0.15) is 4.31 Å². The number of hydrogen-bond acceptors (Lipinski definition) is 4. The number of aliphatic hydroxyl groups is 1. The molecule has 3 N–H and O–H groups in total. The third kappa shape index (κ3) is 3.43. The van der Waals surface area contributed by atoms with Gasteiger partial charge in [-0.3, -0.25) is 0 Å². The molecule has 1 aromatic carbocycles. The van der Waals surface area contributed by atoms with Crippen molar-refractivity contribution in [2.75, 3.05) is 13.6 Å². The lowest BCUT2D eigenvalue weighted by atomic mass is 10.2. The average molecular weight is 293 g/mol. The van der Waals surface area contributed by atoms with E-state index in [1.165, 1.54) is 26.1 Å². The summed E-state index contributed by atoms with van der Waals surface area (Å²) < 4.78 is 25.4. The normalized spacial score (nSPS) is 13.9. The topological polar surface area (TPSA) is 83.6 Å². The van der Waals surface area contributed by atoms with Gasteiger partial charge in [-0.05, 0) is 24.6 Å². The standard InChI is InChI=1S/C11H17ClN2O3S/c1-8(15)7-14(2)18(16,17)10-4-3-9(6-13)11(12)5-10/h3-5,8,15H,6-7,13H2,1-2H3. The van der Waals surface area contributed by atoms with Crippen LogP contribution in [-0.4, -0.2) is 37.5 Å². The Bertz CT molecular complexity index is 517. The molecule has 0 fully saturated rings. The summed E-state index contributed by atoms with van der Waals surface area (Å²) in [7, 11) is -2.22. The van der Waals surface area contributed by atoms with Gasteiger partial charge >= 0.3 is 0 Å². The molecule has 102 valence electrons. The van der Waals surface area contributed by atoms with E-state index in [-0.39, 0.29) is 18.0 Å². The summed E-state index contributed by atoms with van der Waals surface area (Å²) in [6.07, 6.45) is -0.733. The molecule has 0 amide bonds. The molecule has 1 unspecified atom stereocenters. The molecule has 5 nitrogen and oxygen atoms in total. The molecule has 1 aromatic rings. The van der Waals surface area contributed by atoms with Gasteiger partial charge in [-0.15, -0.1) is 0 Å². The number of rotatable bonds is 5. The minimum atomic E-state index is -3.63. The Labute approximate surface area is 112 Å². The molecule has 0 bridgehead atoms. The summed E-state index contributed by atoms with van der Waals surface area (Å²) in [6.45, 7) is 1.80. The maximum atomic E-state index is 12.1. The number of aliphatic hydroxyl groups excluding tert-OH is 1. The molecule has 1 rings (SSSR count). The van der Waals surface area contributed by atoms with Crippen LogP contribution in [0.5, 0.6) is 0 Å². The van der Waals surface area contributed by atoms with Crippen molar-refractivity contribution in [3.63, 3.8) is 0 Å². The second kappa shape index (κ2) is 5.99. The molecule has 7 heteroatoms. The summed E-state index contributed by atoms with van der Waals surface area (Å²) in [6, 6.07) is 4.42. The predicted molar refractivity (Wildman–Crippen MR) is 70.8 cm³/mol. The van der Waals surface area contributed by atoms with Crippen molar-refractivity contribution in [1.29, 1.82) is 0 Å². The van der Waals surface area contributed by atoms with Crippen LogP contribution in [0.15, 0.2) is 23.1 Å². The zero-order valence-corrected chi connectivity index (χ0v) is 11.9. The van der Waals surface area contributed by atoms with Crippen LogP contribution in [0.4, 0.5) is 0 Å². The molecule has 0 saturated heterocycles. The Hall–Kier alpha value is -0.660. The van der Waals surface area contributed by atoms with Crippen LogP contribution in [0.3, 0.4) is 0 Å². The summed E-state index contributed by atoms with van der Waals surface area (Å²) >= 11 is 5.93. The fraction of sp³-hybridized carbons (Fsp3) is 0.455. The van der Waals surface area contributed by atoms with E-state index in [4.69, 9.17) is 17.3 Å². The maximum Gasteiger partial charge on any atom is 0.242 e. The van der Waals surface area contributed by atoms with Gasteiger partial charge in [0.15, 0.2) is 0 Å². The van der Waals surface area contributed by atoms with Crippen molar-refractivity contribution in [3.05, 3.63) is 28.8 Å². The van der Waals surface area contributed by atoms with Gasteiger partial charge in [0.05, 0.1) is 11.0 Å². The molecule has 1 atom stereocenters. The van der Waals surface area contributed by atoms with E-state index in [9.17, 15) is 13.5 Å². The Morgan fingerprint density at radius 3 is 2.56 bits per heavy atom. The Morgan fingerprint density at radius 2 is 2.11 bits per heavy atom. The first-order chi connectivity index (χ1) is 8.28. The average Bonchev–Trinajstić information content (AvgIpc) is 2.27. The van der Waals surface area contributed by atoms with Crippen LogP contribution in [-0.2, 0) is 16.6 Å². The monoisotopic (exact) mass is 292 g/mol. The smallest absolute Gasteiger partial charge is 0.242 e. The van der Waals surface area contributed by atoms with Crippen LogP contribution in [0.1, 0.15) is 12.5 Å². The predicted octanol–water partition coefficient (Wildman–Crippen LogP) is 0.800. The largest absolute Gasteiger partial charge is 0.392 e. The Balaban J connectivity index is 3.09. The van der Waals surface area contributed by atoms with Crippen molar-refractivity contribution in [2.24, 2.45) is 5.73 Å². The minimum absolute atomic E-state index is 0.0264. The molecule has 0 aromatic heterocycles. The van der Waals surface area contributed by atoms with Crippen molar-refractivity contribution < 1.29 is 13.5 Å². The fourth-order valence-corrected chi connectivity index (χ4v) is 3.11. The fourth-order valence-electron chi connectivity index (χ4n) is 1.50. The second-order valence-electron chi connectivity index (χ2n) is 4.09. The van der Waals surface area contributed by atoms with E-state index in [0.29, 0.717) is 10.6 Å². The van der Waals surface area contributed by atoms with E-state index in [1.807, 2.05) is 0 Å². The van der Waals surface area contributed by atoms with Gasteiger partial charge in [-0.25, -0.2) is 8.42 Å². The molecule has 0 aliphatic heterocycles. The summed E-state index contributed by atoms with van der Waals surface area (Å²) in [5, 5.41) is 9.54. The molecule has 18 heavy (non-hydrogen) atoms. The van der Waals surface area contributed by atoms with Gasteiger partial charge in [0.2, 0.25) is 10.0 Å². The van der Waals surface area contributed by atoms with Crippen LogP contribution in [0.25, 0.3) is 0 Å². The maximum absolute atomic E-state index is 12.1. The number of likely N-dealkylation sites (N-methyl/N-ethyl adjacent to an activating group) is 1. The number of hydrogen-bond donors (Lipinski definition) is 2. The van der Waals surface area contributed by atoms with Gasteiger partial charge in [0.1, 0.15) is 0 Å². The van der Waals surface area contributed by atoms with Crippen molar-refractivity contribution in [3.8, 4) is 0 Å². The molecule has 0 spiro atoms. The third-order valence-corrected chi connectivity index (χ3v) is 4.65. The van der Waals surface area contributed by atoms with E-state index < -0.39 is 16.1 Å². The highest BCUT2D eigenvalue weighted by molar-refractivity contribution is 7.89. The summed E-state index contributed by atoms with van der Waals surface area (Å²) in [5.41, 5.74) is 6.15. The SMILES string of the molecule is CC(O)CN(C)S(=O)(=O)c1ccc(CN)c(Cl)c1. The Kier molecular flexibility index (Phi) is 5.12. The number of nitrogens with zero attached hydrogens (tertiary/aromatic N) is 1. The first-order valence-electron chi connectivity index (χ1n) is 5.42. The molecule has 0 saturated carbocycles. The quantitative estimate of drug-likeness (QED) is 0.841. The number of nitrogens with two attached hydrogens (primary N) is 1. The van der Waals surface area contributed by atoms with Crippen molar-refractivity contribution in [1.82, 2.24) is 4.31 Å². The summed E-state index contributed by atoms with van der Waals surface area (Å²) in [4.78, 5) is 0.0906. The third-order valence-electron chi connectivity index (χ3n) is 2.47. The van der Waals surface area contributed by atoms with E-state index in [2.05, 4.69) is 0 Å². The Morgan fingerprint density at radius 1 is 1.50 bits per heavy atom. The van der Waals surface area contributed by atoms with Crippen molar-refractivity contribution >= 4 is 21.6 Å². The summed E-state index contributed by atoms with van der Waals surface area (Å²) in [5.74, 6) is 0. The van der Waals surface area contributed by atoms with Crippen LogP contribution in [0.2, 0.25) is 5.02 Å². The van der Waals surface area contributed by atoms with Crippen LogP contribution in [0, 0.1) is 0 Å². The van der Waals surface area contributed by atoms with Gasteiger partial charge < -0.3 is 10.8 Å². The second-order valence-corrected chi connectivity index (χ2v) is 6.54. The van der Waals surface area contributed by atoms with Crippen LogP contribution >= 0.6 is 11.6 Å². The van der Waals surface area contributed by atoms with Crippen LogP contribution < -0.4 is 5.73 Å². The van der Waals surface area contributed by atoms with Gasteiger partial charge in [0.25, 0.3) is 0 Å². The lowest BCUT2D eigenvalue weighted by Crippen LogP contribution is -2.33. The number of benzene rings is 1. The zero-order chi connectivity index (χ0) is 13.9. The first-order valence-corrected chi connectivity index (χ1v) is 7.23. The van der Waals surface area contributed by atoms with Gasteiger partial charge in [-0.1, -0.05) is 17.7 Å². The van der Waals surface area contributed by atoms with E-state index in [1.54, 1.807) is 6.07 Å². The van der Waals surface area contributed by atoms with E-state index in [0.717, 1.165) is 4.31 Å². The molecule has 0 aliphatic rings. The molecule has 0 heterocycles. The van der Waals surface area contributed by atoms with Crippen molar-refractivity contribution in [2.45, 2.75) is 24.5 Å². The van der Waals surface area contributed by atoms with E-state index >= 15 is 0 Å². The highest BCUT2D eigenvalue weighted by Gasteiger charge is 2.22. The molecule has 0 aliphatic carbocycles. The molecular weight excluding hydrogens is 276 g/mol. The lowest BCUT2D eigenvalue weighted by Gasteiger charge is -2.19. The lowest BCUT2D eigenvalue weighted by molar-refractivity contribution is 0.171. The first kappa shape index (κ1) is 15.4. The van der Waals surface area contributed by atoms with Gasteiger partial charge in [0, 0.05) is 25.2 Å². The zero-order valence-electron chi connectivity index (χ0n) is 10.3. The molecular formula is C11H17ClN2O3S. The highest BCUT2D eigenvalue weighted by Crippen LogP contribution is 2.22. The highest BCUT2D eigenvalue weighted by atomic mass is 35.5. The number of sulfonamides is 1. The molecule has 0 radical (unpaired) electrons. The number of halogens is 1.